The van der Waals surface area contributed by atoms with Gasteiger partial charge in [-0.05, 0) is 18.2 Å². The first-order valence-electron chi connectivity index (χ1n) is 6.13. The van der Waals surface area contributed by atoms with E-state index in [1.807, 2.05) is 0 Å². The minimum absolute atomic E-state index is 0.228. The van der Waals surface area contributed by atoms with Gasteiger partial charge in [-0.25, -0.2) is 4.79 Å². The van der Waals surface area contributed by atoms with Crippen LogP contribution in [0.3, 0.4) is 0 Å². The molecule has 1 unspecified atom stereocenters. The van der Waals surface area contributed by atoms with Crippen LogP contribution in [0.1, 0.15) is 28.4 Å². The van der Waals surface area contributed by atoms with Crippen molar-refractivity contribution < 1.29 is 14.6 Å². The first kappa shape index (κ1) is 12.8. The summed E-state index contributed by atoms with van der Waals surface area (Å²) >= 11 is 6.05. The number of ether oxygens (including phenoxy) is 1. The molecule has 0 amide bonds. The molecule has 1 aliphatic heterocycles. The van der Waals surface area contributed by atoms with Crippen LogP contribution >= 0.6 is 11.6 Å². The van der Waals surface area contributed by atoms with Crippen molar-refractivity contribution in [3.05, 3.63) is 69.6 Å². The molecule has 0 fully saturated rings. The molecule has 20 heavy (non-hydrogen) atoms. The first-order chi connectivity index (χ1) is 9.58. The third kappa shape index (κ3) is 1.98. The predicted molar refractivity (Wildman–Crippen MR) is 75.1 cm³/mol. The number of benzene rings is 1. The van der Waals surface area contributed by atoms with Gasteiger partial charge in [-0.15, -0.1) is 0 Å². The highest BCUT2D eigenvalue weighted by atomic mass is 35.5. The molecule has 1 aliphatic carbocycles. The van der Waals surface area contributed by atoms with Gasteiger partial charge in [0.05, 0.1) is 16.2 Å². The molecule has 0 saturated heterocycles. The largest absolute Gasteiger partial charge is 0.485 e. The van der Waals surface area contributed by atoms with Crippen molar-refractivity contribution in [3.63, 3.8) is 0 Å². The molecule has 1 aromatic rings. The Balaban J connectivity index is 2.00. The fourth-order valence-electron chi connectivity index (χ4n) is 2.49. The van der Waals surface area contributed by atoms with E-state index in [0.29, 0.717) is 28.5 Å². The molecule has 1 heterocycles. The van der Waals surface area contributed by atoms with Crippen molar-refractivity contribution in [2.45, 2.75) is 12.5 Å². The third-order valence-corrected chi connectivity index (χ3v) is 3.71. The van der Waals surface area contributed by atoms with Crippen molar-refractivity contribution in [1.82, 2.24) is 0 Å². The molecule has 1 atom stereocenters. The number of allylic oxidation sites excluding steroid dienone is 3. The minimum Gasteiger partial charge on any atom is -0.485 e. The summed E-state index contributed by atoms with van der Waals surface area (Å²) in [6.07, 6.45) is 3.49. The molecule has 0 bridgehead atoms. The number of hydrogen-bond acceptors (Lipinski definition) is 3. The Morgan fingerprint density at radius 2 is 2.10 bits per heavy atom. The van der Waals surface area contributed by atoms with E-state index >= 15 is 0 Å². The van der Waals surface area contributed by atoms with Gasteiger partial charge in [0.1, 0.15) is 11.9 Å². The Morgan fingerprint density at radius 1 is 1.35 bits per heavy atom. The van der Waals surface area contributed by atoms with Crippen LogP contribution in [0.4, 0.5) is 0 Å². The zero-order valence-corrected chi connectivity index (χ0v) is 11.2. The zero-order chi connectivity index (χ0) is 14.3. The normalized spacial score (nSPS) is 20.9. The summed E-state index contributed by atoms with van der Waals surface area (Å²) in [6.45, 7) is 0. The molecule has 2 aliphatic rings. The number of hydrogen-bond donors (Lipinski definition) is 2. The van der Waals surface area contributed by atoms with Gasteiger partial charge < -0.3 is 15.6 Å². The molecule has 1 aromatic carbocycles. The SMILES string of the molecule is NC1=C2C(Cl)=CC=C2OC(c2ccccc2C(=O)O)C1. The second-order valence-electron chi connectivity index (χ2n) is 4.65. The molecule has 0 aromatic heterocycles. The lowest BCUT2D eigenvalue weighted by molar-refractivity contribution is 0.0680. The van der Waals surface area contributed by atoms with E-state index in [-0.39, 0.29) is 5.56 Å². The van der Waals surface area contributed by atoms with Gasteiger partial charge in [-0.2, -0.15) is 0 Å². The maximum Gasteiger partial charge on any atom is 0.336 e. The summed E-state index contributed by atoms with van der Waals surface area (Å²) in [5.41, 5.74) is 8.23. The zero-order valence-electron chi connectivity index (χ0n) is 10.5. The Morgan fingerprint density at radius 3 is 2.85 bits per heavy atom. The van der Waals surface area contributed by atoms with Crippen LogP contribution in [0.25, 0.3) is 0 Å². The van der Waals surface area contributed by atoms with Gasteiger partial charge in [0.2, 0.25) is 0 Å². The number of carboxylic acids is 1. The van der Waals surface area contributed by atoms with Crippen molar-refractivity contribution in [3.8, 4) is 0 Å². The maximum absolute atomic E-state index is 11.3. The molecule has 5 heteroatoms. The Kier molecular flexibility index (Phi) is 3.03. The third-order valence-electron chi connectivity index (χ3n) is 3.40. The molecule has 102 valence electrons. The number of halogens is 1. The molecule has 3 N–H and O–H groups in total. The molecule has 3 rings (SSSR count). The maximum atomic E-state index is 11.3. The summed E-state index contributed by atoms with van der Waals surface area (Å²) in [6, 6.07) is 6.78. The molecule has 0 radical (unpaired) electrons. The average molecular weight is 290 g/mol. The summed E-state index contributed by atoms with van der Waals surface area (Å²) in [5, 5.41) is 9.80. The summed E-state index contributed by atoms with van der Waals surface area (Å²) in [4.78, 5) is 11.3. The number of nitrogens with two attached hydrogens (primary N) is 1. The van der Waals surface area contributed by atoms with E-state index in [0.717, 1.165) is 5.57 Å². The molecular weight excluding hydrogens is 278 g/mol. The van der Waals surface area contributed by atoms with Crippen LogP contribution < -0.4 is 5.73 Å². The van der Waals surface area contributed by atoms with Crippen molar-refractivity contribution >= 4 is 17.6 Å². The smallest absolute Gasteiger partial charge is 0.336 e. The highest BCUT2D eigenvalue weighted by molar-refractivity contribution is 6.33. The average Bonchev–Trinajstić information content (AvgIpc) is 2.80. The first-order valence-corrected chi connectivity index (χ1v) is 6.51. The second kappa shape index (κ2) is 4.72. The van der Waals surface area contributed by atoms with Crippen LogP contribution in [0.15, 0.2) is 58.5 Å². The van der Waals surface area contributed by atoms with Crippen molar-refractivity contribution in [2.24, 2.45) is 5.73 Å². The van der Waals surface area contributed by atoms with Gasteiger partial charge in [-0.3, -0.25) is 0 Å². The molecule has 0 spiro atoms. The highest BCUT2D eigenvalue weighted by Crippen LogP contribution is 2.42. The van der Waals surface area contributed by atoms with Crippen LogP contribution in [-0.4, -0.2) is 11.1 Å². The van der Waals surface area contributed by atoms with E-state index in [1.165, 1.54) is 0 Å². The minimum atomic E-state index is -0.978. The molecular formula is C15H12ClNO3. The van der Waals surface area contributed by atoms with Crippen LogP contribution in [0.5, 0.6) is 0 Å². The lowest BCUT2D eigenvalue weighted by Gasteiger charge is -2.28. The fourth-order valence-corrected chi connectivity index (χ4v) is 2.76. The van der Waals surface area contributed by atoms with Crippen LogP contribution in [-0.2, 0) is 4.74 Å². The lowest BCUT2D eigenvalue weighted by Crippen LogP contribution is -2.20. The van der Waals surface area contributed by atoms with Gasteiger partial charge in [0.25, 0.3) is 0 Å². The highest BCUT2D eigenvalue weighted by Gasteiger charge is 2.31. The number of fused-ring (bicyclic) bond motifs is 1. The van der Waals surface area contributed by atoms with Crippen LogP contribution in [0, 0.1) is 0 Å². The van der Waals surface area contributed by atoms with E-state index < -0.39 is 12.1 Å². The van der Waals surface area contributed by atoms with E-state index in [4.69, 9.17) is 22.1 Å². The summed E-state index contributed by atoms with van der Waals surface area (Å²) in [7, 11) is 0. The monoisotopic (exact) mass is 289 g/mol. The van der Waals surface area contributed by atoms with Crippen molar-refractivity contribution in [2.75, 3.05) is 0 Å². The molecule has 4 nitrogen and oxygen atoms in total. The summed E-state index contributed by atoms with van der Waals surface area (Å²) < 4.78 is 5.85. The number of rotatable bonds is 2. The number of aromatic carboxylic acids is 1. The standard InChI is InChI=1S/C15H12ClNO3/c16-10-5-6-12-14(10)11(17)7-13(20-12)8-3-1-2-4-9(8)15(18)19/h1-6,13H,7,17H2,(H,18,19). The number of carboxylic acid groups (broad SMARTS) is 1. The topological polar surface area (TPSA) is 72.5 Å². The Labute approximate surface area is 120 Å². The molecule has 0 saturated carbocycles. The number of carbonyl (C=O) groups is 1. The predicted octanol–water partition coefficient (Wildman–Crippen LogP) is 3.08. The van der Waals surface area contributed by atoms with Gasteiger partial charge in [0.15, 0.2) is 0 Å². The van der Waals surface area contributed by atoms with Gasteiger partial charge >= 0.3 is 5.97 Å². The second-order valence-corrected chi connectivity index (χ2v) is 5.06. The quantitative estimate of drug-likeness (QED) is 0.877. The van der Waals surface area contributed by atoms with Gasteiger partial charge in [-0.1, -0.05) is 29.8 Å². The Hall–Kier alpha value is -2.20. The van der Waals surface area contributed by atoms with Crippen molar-refractivity contribution in [1.29, 1.82) is 0 Å². The van der Waals surface area contributed by atoms with E-state index in [1.54, 1.807) is 36.4 Å². The summed E-state index contributed by atoms with van der Waals surface area (Å²) in [5.74, 6) is -0.377. The van der Waals surface area contributed by atoms with Gasteiger partial charge in [0, 0.05) is 17.7 Å². The fraction of sp³-hybridized carbons (Fsp3) is 0.133. The lowest BCUT2D eigenvalue weighted by atomic mass is 9.95. The van der Waals surface area contributed by atoms with E-state index in [9.17, 15) is 9.90 Å². The van der Waals surface area contributed by atoms with Crippen LogP contribution in [0.2, 0.25) is 0 Å². The Bertz CT molecular complexity index is 688. The van der Waals surface area contributed by atoms with E-state index in [2.05, 4.69) is 0 Å².